The number of nitrogens with zero attached hydrogens (tertiary/aromatic N) is 4. The molecule has 4 rings (SSSR count). The number of aromatic nitrogens is 4. The highest BCUT2D eigenvalue weighted by atomic mass is 19.1. The lowest BCUT2D eigenvalue weighted by Gasteiger charge is -2.27. The fourth-order valence-corrected chi connectivity index (χ4v) is 4.39. The van der Waals surface area contributed by atoms with Gasteiger partial charge in [-0.1, -0.05) is 25.7 Å². The molecule has 2 aliphatic rings. The molecule has 0 spiro atoms. The molecule has 7 nitrogen and oxygen atoms in total. The summed E-state index contributed by atoms with van der Waals surface area (Å²) >= 11 is 0. The third kappa shape index (κ3) is 4.15. The molecule has 0 saturated heterocycles. The largest absolute Gasteiger partial charge is 0.369 e. The number of nitrogens with two attached hydrogens (primary N) is 1. The van der Waals surface area contributed by atoms with Crippen molar-refractivity contribution in [2.24, 2.45) is 11.7 Å². The molecule has 8 heteroatoms. The predicted octanol–water partition coefficient (Wildman–Crippen LogP) is 3.44. The summed E-state index contributed by atoms with van der Waals surface area (Å²) in [6.07, 6.45) is 12.3. The molecule has 28 heavy (non-hydrogen) atoms. The quantitative estimate of drug-likeness (QED) is 0.820. The van der Waals surface area contributed by atoms with Crippen LogP contribution in [-0.2, 0) is 4.79 Å². The first-order valence-corrected chi connectivity index (χ1v) is 10.2. The molecule has 3 N–H and O–H groups in total. The van der Waals surface area contributed by atoms with Crippen LogP contribution in [0.5, 0.6) is 0 Å². The fourth-order valence-electron chi connectivity index (χ4n) is 4.39. The van der Waals surface area contributed by atoms with E-state index >= 15 is 0 Å². The maximum absolute atomic E-state index is 14.4. The Morgan fingerprint density at radius 3 is 2.79 bits per heavy atom. The van der Waals surface area contributed by atoms with Gasteiger partial charge in [0, 0.05) is 18.2 Å². The average Bonchev–Trinajstić information content (AvgIpc) is 3.20. The summed E-state index contributed by atoms with van der Waals surface area (Å²) in [5, 5.41) is 7.83. The van der Waals surface area contributed by atoms with Crippen molar-refractivity contribution in [1.82, 2.24) is 19.7 Å². The van der Waals surface area contributed by atoms with Crippen molar-refractivity contribution in [3.63, 3.8) is 0 Å². The molecule has 2 saturated carbocycles. The second-order valence-corrected chi connectivity index (χ2v) is 7.97. The first-order valence-electron chi connectivity index (χ1n) is 10.2. The van der Waals surface area contributed by atoms with Crippen LogP contribution < -0.4 is 11.1 Å². The number of amides is 1. The Balaban J connectivity index is 1.49. The monoisotopic (exact) mass is 386 g/mol. The summed E-state index contributed by atoms with van der Waals surface area (Å²) in [4.78, 5) is 19.9. The van der Waals surface area contributed by atoms with Crippen LogP contribution in [0.15, 0.2) is 18.5 Å². The van der Waals surface area contributed by atoms with Crippen LogP contribution in [0, 0.1) is 11.7 Å². The van der Waals surface area contributed by atoms with E-state index in [9.17, 15) is 9.18 Å². The van der Waals surface area contributed by atoms with Crippen LogP contribution in [0.3, 0.4) is 0 Å². The maximum Gasteiger partial charge on any atom is 0.223 e. The van der Waals surface area contributed by atoms with E-state index in [1.54, 1.807) is 0 Å². The van der Waals surface area contributed by atoms with E-state index in [0.717, 1.165) is 32.1 Å². The molecule has 0 unspecified atom stereocenters. The van der Waals surface area contributed by atoms with Gasteiger partial charge >= 0.3 is 0 Å². The molecule has 2 fully saturated rings. The lowest BCUT2D eigenvalue weighted by molar-refractivity contribution is -0.122. The SMILES string of the molecule is NC(=O)[C@@H]1CCC[C@H](Nc2ncc(F)c(-c3ccn(C4CCCCC4)n3)n2)C1. The van der Waals surface area contributed by atoms with Crippen LogP contribution in [0.25, 0.3) is 11.4 Å². The van der Waals surface area contributed by atoms with Gasteiger partial charge in [0.2, 0.25) is 11.9 Å². The fraction of sp³-hybridized carbons (Fsp3) is 0.600. The van der Waals surface area contributed by atoms with E-state index in [1.165, 1.54) is 25.5 Å². The summed E-state index contributed by atoms with van der Waals surface area (Å²) < 4.78 is 16.3. The molecule has 2 atom stereocenters. The summed E-state index contributed by atoms with van der Waals surface area (Å²) in [6, 6.07) is 2.26. The van der Waals surface area contributed by atoms with Gasteiger partial charge in [0.05, 0.1) is 12.2 Å². The number of halogens is 1. The van der Waals surface area contributed by atoms with Gasteiger partial charge in [-0.05, 0) is 38.2 Å². The molecule has 0 aromatic carbocycles. The molecule has 0 radical (unpaired) electrons. The highest BCUT2D eigenvalue weighted by Crippen LogP contribution is 2.30. The Bertz CT molecular complexity index is 832. The van der Waals surface area contributed by atoms with Gasteiger partial charge in [-0.3, -0.25) is 9.48 Å². The first-order chi connectivity index (χ1) is 13.6. The van der Waals surface area contributed by atoms with Crippen LogP contribution >= 0.6 is 0 Å². The van der Waals surface area contributed by atoms with E-state index in [4.69, 9.17) is 5.73 Å². The minimum Gasteiger partial charge on any atom is -0.369 e. The first kappa shape index (κ1) is 18.8. The zero-order valence-corrected chi connectivity index (χ0v) is 16.0. The van der Waals surface area contributed by atoms with E-state index in [0.29, 0.717) is 24.1 Å². The third-order valence-electron chi connectivity index (χ3n) is 5.95. The highest BCUT2D eigenvalue weighted by Gasteiger charge is 2.26. The second-order valence-electron chi connectivity index (χ2n) is 7.97. The van der Waals surface area contributed by atoms with E-state index in [-0.39, 0.29) is 23.6 Å². The van der Waals surface area contributed by atoms with Gasteiger partial charge in [0.25, 0.3) is 0 Å². The van der Waals surface area contributed by atoms with Crippen LogP contribution in [-0.4, -0.2) is 31.7 Å². The van der Waals surface area contributed by atoms with Crippen molar-refractivity contribution in [1.29, 1.82) is 0 Å². The summed E-state index contributed by atoms with van der Waals surface area (Å²) in [5.74, 6) is -0.519. The van der Waals surface area contributed by atoms with Crippen LogP contribution in [0.4, 0.5) is 10.3 Å². The smallest absolute Gasteiger partial charge is 0.223 e. The topological polar surface area (TPSA) is 98.7 Å². The Labute approximate surface area is 163 Å². The Morgan fingerprint density at radius 1 is 1.18 bits per heavy atom. The Kier molecular flexibility index (Phi) is 5.54. The van der Waals surface area contributed by atoms with Crippen molar-refractivity contribution < 1.29 is 9.18 Å². The van der Waals surface area contributed by atoms with E-state index in [2.05, 4.69) is 20.4 Å². The van der Waals surface area contributed by atoms with Gasteiger partial charge in [-0.2, -0.15) is 5.10 Å². The molecule has 1 amide bonds. The molecule has 2 aliphatic carbocycles. The van der Waals surface area contributed by atoms with Gasteiger partial charge in [0.1, 0.15) is 11.4 Å². The molecule has 0 bridgehead atoms. The number of anilines is 1. The molecular weight excluding hydrogens is 359 g/mol. The molecule has 0 aliphatic heterocycles. The lowest BCUT2D eigenvalue weighted by Crippen LogP contribution is -2.34. The summed E-state index contributed by atoms with van der Waals surface area (Å²) in [7, 11) is 0. The number of carbonyl (C=O) groups excluding carboxylic acids is 1. The third-order valence-corrected chi connectivity index (χ3v) is 5.95. The second kappa shape index (κ2) is 8.24. The zero-order chi connectivity index (χ0) is 19.5. The molecule has 150 valence electrons. The van der Waals surface area contributed by atoms with Crippen LogP contribution in [0.2, 0.25) is 0 Å². The Morgan fingerprint density at radius 2 is 2.00 bits per heavy atom. The summed E-state index contributed by atoms with van der Waals surface area (Å²) in [6.45, 7) is 0. The van der Waals surface area contributed by atoms with E-state index < -0.39 is 5.82 Å². The number of primary amides is 1. The van der Waals surface area contributed by atoms with Gasteiger partial charge < -0.3 is 11.1 Å². The van der Waals surface area contributed by atoms with Gasteiger partial charge in [-0.15, -0.1) is 0 Å². The molecule has 2 aromatic rings. The highest BCUT2D eigenvalue weighted by molar-refractivity contribution is 5.76. The lowest BCUT2D eigenvalue weighted by atomic mass is 9.85. The van der Waals surface area contributed by atoms with E-state index in [1.807, 2.05) is 16.9 Å². The zero-order valence-electron chi connectivity index (χ0n) is 16.0. The number of carbonyl (C=O) groups is 1. The predicted molar refractivity (Wildman–Crippen MR) is 104 cm³/mol. The summed E-state index contributed by atoms with van der Waals surface area (Å²) in [5.41, 5.74) is 6.17. The van der Waals surface area contributed by atoms with Crippen molar-refractivity contribution in [3.8, 4) is 11.4 Å². The minimum atomic E-state index is -0.488. The van der Waals surface area contributed by atoms with Crippen molar-refractivity contribution in [3.05, 3.63) is 24.3 Å². The molecular formula is C20H27FN6O. The average molecular weight is 386 g/mol. The van der Waals surface area contributed by atoms with Gasteiger partial charge in [0.15, 0.2) is 5.82 Å². The van der Waals surface area contributed by atoms with Crippen molar-refractivity contribution in [2.75, 3.05) is 5.32 Å². The number of hydrogen-bond acceptors (Lipinski definition) is 5. The van der Waals surface area contributed by atoms with Crippen molar-refractivity contribution >= 4 is 11.9 Å². The van der Waals surface area contributed by atoms with Gasteiger partial charge in [-0.25, -0.2) is 14.4 Å². The normalized spacial score (nSPS) is 23.5. The minimum absolute atomic E-state index is 0.0596. The number of hydrogen-bond donors (Lipinski definition) is 2. The number of nitrogens with one attached hydrogen (secondary N) is 1. The van der Waals surface area contributed by atoms with Crippen molar-refractivity contribution in [2.45, 2.75) is 69.9 Å². The van der Waals surface area contributed by atoms with Crippen LogP contribution in [0.1, 0.15) is 63.8 Å². The molecule has 2 heterocycles. The standard InChI is InChI=1S/C20H27FN6O/c21-16-12-23-20(24-14-6-4-5-13(11-14)19(22)28)25-18(16)17-9-10-27(26-17)15-7-2-1-3-8-15/h9-10,12-15H,1-8,11H2,(H2,22,28)(H,23,24,25)/t13-,14+/m1/s1. The Hall–Kier alpha value is -2.51. The number of rotatable bonds is 5. The molecule has 2 aromatic heterocycles. The maximum atomic E-state index is 14.4.